The molecule has 0 aliphatic carbocycles. The van der Waals surface area contributed by atoms with Crippen LogP contribution in [0.2, 0.25) is 0 Å². The molecule has 0 bridgehead atoms. The molecule has 7 heteroatoms. The van der Waals surface area contributed by atoms with E-state index in [1.807, 2.05) is 12.1 Å². The number of ether oxygens (including phenoxy) is 1. The Morgan fingerprint density at radius 1 is 1.61 bits per heavy atom. The third-order valence-electron chi connectivity index (χ3n) is 2.19. The summed E-state index contributed by atoms with van der Waals surface area (Å²) >= 11 is 0. The molecular formula is C11H13N5O2. The van der Waals surface area contributed by atoms with Crippen molar-refractivity contribution in [3.05, 3.63) is 24.2 Å². The summed E-state index contributed by atoms with van der Waals surface area (Å²) in [6.07, 6.45) is 1.07. The molecular weight excluding hydrogens is 234 g/mol. The van der Waals surface area contributed by atoms with Gasteiger partial charge in [-0.05, 0) is 26.0 Å². The molecule has 1 amide bonds. The van der Waals surface area contributed by atoms with Crippen molar-refractivity contribution in [2.45, 2.75) is 13.8 Å². The largest absolute Gasteiger partial charge is 0.449 e. The van der Waals surface area contributed by atoms with E-state index in [1.165, 1.54) is 0 Å². The van der Waals surface area contributed by atoms with E-state index in [-0.39, 0.29) is 0 Å². The zero-order valence-corrected chi connectivity index (χ0v) is 10.1. The first-order valence-electron chi connectivity index (χ1n) is 5.49. The van der Waals surface area contributed by atoms with Gasteiger partial charge in [0.1, 0.15) is 5.71 Å². The van der Waals surface area contributed by atoms with Crippen LogP contribution in [-0.2, 0) is 4.74 Å². The van der Waals surface area contributed by atoms with Crippen molar-refractivity contribution in [2.24, 2.45) is 5.10 Å². The molecule has 2 aromatic rings. The number of aromatic amines is 1. The third kappa shape index (κ3) is 2.62. The molecule has 7 nitrogen and oxygen atoms in total. The van der Waals surface area contributed by atoms with Crippen molar-refractivity contribution in [3.8, 4) is 0 Å². The minimum Gasteiger partial charge on any atom is -0.449 e. The van der Waals surface area contributed by atoms with Crippen LogP contribution in [0.5, 0.6) is 0 Å². The van der Waals surface area contributed by atoms with Gasteiger partial charge in [0.15, 0.2) is 11.5 Å². The van der Waals surface area contributed by atoms with Crippen molar-refractivity contribution in [2.75, 3.05) is 6.61 Å². The second-order valence-electron chi connectivity index (χ2n) is 3.49. The highest BCUT2D eigenvalue weighted by Gasteiger charge is 2.06. The normalized spacial score (nSPS) is 11.6. The minimum absolute atomic E-state index is 0.301. The van der Waals surface area contributed by atoms with Crippen LogP contribution in [0.3, 0.4) is 0 Å². The van der Waals surface area contributed by atoms with E-state index < -0.39 is 6.09 Å². The second-order valence-corrected chi connectivity index (χ2v) is 3.49. The minimum atomic E-state index is -0.592. The van der Waals surface area contributed by atoms with Crippen LogP contribution in [0.4, 0.5) is 4.79 Å². The second kappa shape index (κ2) is 5.26. The summed E-state index contributed by atoms with van der Waals surface area (Å²) in [6, 6.07) is 3.68. The number of amides is 1. The zero-order chi connectivity index (χ0) is 13.0. The van der Waals surface area contributed by atoms with Gasteiger partial charge in [-0.25, -0.2) is 20.2 Å². The number of carbonyl (C=O) groups excluding carboxylic acids is 1. The Hall–Kier alpha value is -2.44. The Morgan fingerprint density at radius 3 is 3.17 bits per heavy atom. The number of nitrogens with zero attached hydrogens (tertiary/aromatic N) is 3. The maximum absolute atomic E-state index is 11.1. The van der Waals surface area contributed by atoms with Gasteiger partial charge in [-0.3, -0.25) is 0 Å². The Labute approximate surface area is 103 Å². The fraction of sp³-hybridized carbons (Fsp3) is 0.273. The van der Waals surface area contributed by atoms with E-state index in [1.54, 1.807) is 20.0 Å². The lowest BCUT2D eigenvalue weighted by molar-refractivity contribution is 0.152. The fourth-order valence-corrected chi connectivity index (χ4v) is 1.36. The van der Waals surface area contributed by atoms with E-state index in [0.717, 1.165) is 5.52 Å². The molecule has 2 aromatic heterocycles. The van der Waals surface area contributed by atoms with Gasteiger partial charge in [-0.1, -0.05) is 0 Å². The molecule has 0 radical (unpaired) electrons. The first-order valence-corrected chi connectivity index (χ1v) is 5.49. The standard InChI is InChI=1S/C11H13N5O2/c1-3-18-11(17)16-15-7(2)9-13-8-5-4-6-12-10(8)14-9/h4-6H,3H2,1-2H3,(H,16,17)(H,12,13,14). The van der Waals surface area contributed by atoms with Crippen LogP contribution < -0.4 is 5.43 Å². The van der Waals surface area contributed by atoms with Crippen LogP contribution in [0.1, 0.15) is 19.7 Å². The molecule has 94 valence electrons. The van der Waals surface area contributed by atoms with Gasteiger partial charge in [-0.2, -0.15) is 5.10 Å². The summed E-state index contributed by atoms with van der Waals surface area (Å²) in [5, 5.41) is 3.88. The summed E-state index contributed by atoms with van der Waals surface area (Å²) in [7, 11) is 0. The molecule has 0 aromatic carbocycles. The molecule has 0 atom stereocenters. The maximum Gasteiger partial charge on any atom is 0.427 e. The highest BCUT2D eigenvalue weighted by atomic mass is 16.5. The summed E-state index contributed by atoms with van der Waals surface area (Å²) in [5.74, 6) is 0.556. The van der Waals surface area contributed by atoms with Gasteiger partial charge in [0.25, 0.3) is 0 Å². The monoisotopic (exact) mass is 247 g/mol. The van der Waals surface area contributed by atoms with Crippen LogP contribution >= 0.6 is 0 Å². The molecule has 2 N–H and O–H groups in total. The number of hydrogen-bond acceptors (Lipinski definition) is 5. The van der Waals surface area contributed by atoms with Gasteiger partial charge in [-0.15, -0.1) is 0 Å². The van der Waals surface area contributed by atoms with E-state index in [2.05, 4.69) is 30.2 Å². The Bertz CT molecular complexity index is 557. The first-order chi connectivity index (χ1) is 8.70. The topological polar surface area (TPSA) is 92.3 Å². The number of hydrazone groups is 1. The summed E-state index contributed by atoms with van der Waals surface area (Å²) in [5.41, 5.74) is 4.24. The van der Waals surface area contributed by atoms with Crippen molar-refractivity contribution in [1.29, 1.82) is 0 Å². The van der Waals surface area contributed by atoms with Crippen LogP contribution in [0.15, 0.2) is 23.4 Å². The molecule has 0 saturated carbocycles. The van der Waals surface area contributed by atoms with Crippen LogP contribution in [0.25, 0.3) is 11.2 Å². The zero-order valence-electron chi connectivity index (χ0n) is 10.1. The number of rotatable bonds is 3. The van der Waals surface area contributed by atoms with E-state index in [0.29, 0.717) is 23.8 Å². The van der Waals surface area contributed by atoms with Gasteiger partial charge in [0.05, 0.1) is 12.1 Å². The Balaban J connectivity index is 2.15. The SMILES string of the molecule is CCOC(=O)NN=C(C)c1nc2ncccc2[nH]1. The van der Waals surface area contributed by atoms with Crippen molar-refractivity contribution in [1.82, 2.24) is 20.4 Å². The molecule has 2 heterocycles. The molecule has 0 aliphatic rings. The van der Waals surface area contributed by atoms with Gasteiger partial charge in [0.2, 0.25) is 0 Å². The van der Waals surface area contributed by atoms with E-state index in [4.69, 9.17) is 0 Å². The fourth-order valence-electron chi connectivity index (χ4n) is 1.36. The van der Waals surface area contributed by atoms with Gasteiger partial charge in [0, 0.05) is 6.20 Å². The number of hydrogen-bond donors (Lipinski definition) is 2. The van der Waals surface area contributed by atoms with Crippen molar-refractivity contribution < 1.29 is 9.53 Å². The molecule has 0 aliphatic heterocycles. The predicted molar refractivity (Wildman–Crippen MR) is 66.3 cm³/mol. The van der Waals surface area contributed by atoms with Gasteiger partial charge < -0.3 is 9.72 Å². The van der Waals surface area contributed by atoms with Crippen molar-refractivity contribution >= 4 is 23.0 Å². The lowest BCUT2D eigenvalue weighted by Gasteiger charge is -2.00. The molecule has 18 heavy (non-hydrogen) atoms. The first kappa shape index (κ1) is 12.0. The highest BCUT2D eigenvalue weighted by molar-refractivity contribution is 5.98. The number of imidazole rings is 1. The van der Waals surface area contributed by atoms with Gasteiger partial charge >= 0.3 is 6.09 Å². The molecule has 0 fully saturated rings. The number of carbonyl (C=O) groups is 1. The molecule has 0 spiro atoms. The number of aromatic nitrogens is 3. The molecule has 0 unspecified atom stereocenters. The predicted octanol–water partition coefficient (Wildman–Crippen LogP) is 1.43. The number of nitrogens with one attached hydrogen (secondary N) is 2. The number of H-pyrrole nitrogens is 1. The average Bonchev–Trinajstić information content (AvgIpc) is 2.80. The Morgan fingerprint density at radius 2 is 2.44 bits per heavy atom. The maximum atomic E-state index is 11.1. The smallest absolute Gasteiger partial charge is 0.427 e. The lowest BCUT2D eigenvalue weighted by Crippen LogP contribution is -2.20. The van der Waals surface area contributed by atoms with Crippen LogP contribution in [-0.4, -0.2) is 33.4 Å². The number of pyridine rings is 1. The van der Waals surface area contributed by atoms with E-state index >= 15 is 0 Å². The Kier molecular flexibility index (Phi) is 3.52. The highest BCUT2D eigenvalue weighted by Crippen LogP contribution is 2.07. The third-order valence-corrected chi connectivity index (χ3v) is 2.19. The molecule has 2 rings (SSSR count). The summed E-state index contributed by atoms with van der Waals surface area (Å²) in [6.45, 7) is 3.75. The summed E-state index contributed by atoms with van der Waals surface area (Å²) in [4.78, 5) is 22.5. The van der Waals surface area contributed by atoms with E-state index in [9.17, 15) is 4.79 Å². The lowest BCUT2D eigenvalue weighted by atomic mass is 10.4. The van der Waals surface area contributed by atoms with Crippen LogP contribution in [0, 0.1) is 0 Å². The van der Waals surface area contributed by atoms with Crippen molar-refractivity contribution in [3.63, 3.8) is 0 Å². The average molecular weight is 247 g/mol. The molecule has 0 saturated heterocycles. The quantitative estimate of drug-likeness (QED) is 0.633. The summed E-state index contributed by atoms with van der Waals surface area (Å²) < 4.78 is 4.69. The number of fused-ring (bicyclic) bond motifs is 1.